The fourth-order valence-electron chi connectivity index (χ4n) is 2.91. The number of halogens is 1. The maximum absolute atomic E-state index is 12.5. The van der Waals surface area contributed by atoms with Gasteiger partial charge in [-0.25, -0.2) is 0 Å². The van der Waals surface area contributed by atoms with Crippen molar-refractivity contribution in [2.75, 3.05) is 5.75 Å². The van der Waals surface area contributed by atoms with Gasteiger partial charge in [-0.1, -0.05) is 47.6 Å². The lowest BCUT2D eigenvalue weighted by Gasteiger charge is -2.09. The summed E-state index contributed by atoms with van der Waals surface area (Å²) in [5.41, 5.74) is 5.40. The lowest BCUT2D eigenvalue weighted by Crippen LogP contribution is -2.42. The van der Waals surface area contributed by atoms with E-state index in [1.807, 2.05) is 6.07 Å². The van der Waals surface area contributed by atoms with Crippen molar-refractivity contribution < 1.29 is 9.59 Å². The van der Waals surface area contributed by atoms with Gasteiger partial charge in [-0.15, -0.1) is 10.2 Å². The zero-order chi connectivity index (χ0) is 21.3. The van der Waals surface area contributed by atoms with Gasteiger partial charge in [0.2, 0.25) is 11.7 Å². The van der Waals surface area contributed by atoms with Crippen LogP contribution in [0.1, 0.15) is 10.4 Å². The summed E-state index contributed by atoms with van der Waals surface area (Å²) in [5, 5.41) is 9.43. The van der Waals surface area contributed by atoms with Crippen LogP contribution in [-0.4, -0.2) is 36.7 Å². The lowest BCUT2D eigenvalue weighted by atomic mass is 10.2. The average Bonchev–Trinajstić information content (AvgIpc) is 3.19. The van der Waals surface area contributed by atoms with Gasteiger partial charge in [0.1, 0.15) is 0 Å². The van der Waals surface area contributed by atoms with Crippen LogP contribution < -0.4 is 16.4 Å². The first-order chi connectivity index (χ1) is 14.5. The van der Waals surface area contributed by atoms with E-state index in [2.05, 4.69) is 21.0 Å². The third-order valence-corrected chi connectivity index (χ3v) is 5.62. The Morgan fingerprint density at radius 3 is 2.60 bits per heavy atom. The fourth-order valence-corrected chi connectivity index (χ4v) is 3.87. The number of rotatable bonds is 4. The van der Waals surface area contributed by atoms with E-state index in [0.29, 0.717) is 21.8 Å². The Kier molecular flexibility index (Phi) is 5.42. The first kappa shape index (κ1) is 19.9. The van der Waals surface area contributed by atoms with Crippen LogP contribution in [-0.2, 0) is 11.8 Å². The third kappa shape index (κ3) is 3.62. The maximum Gasteiger partial charge on any atom is 0.271 e. The number of nitrogens with zero attached hydrogens (tertiary/aromatic N) is 4. The molecule has 2 aromatic heterocycles. The van der Waals surface area contributed by atoms with Crippen molar-refractivity contribution >= 4 is 51.9 Å². The van der Waals surface area contributed by atoms with Gasteiger partial charge in [-0.05, 0) is 24.3 Å². The van der Waals surface area contributed by atoms with Gasteiger partial charge in [0, 0.05) is 7.05 Å². The number of aryl methyl sites for hydroxylation is 1. The molecule has 0 aliphatic rings. The lowest BCUT2D eigenvalue weighted by molar-refractivity contribution is -0.119. The molecule has 0 aliphatic heterocycles. The zero-order valence-electron chi connectivity index (χ0n) is 15.6. The van der Waals surface area contributed by atoms with Crippen LogP contribution in [0.25, 0.3) is 16.7 Å². The van der Waals surface area contributed by atoms with E-state index < -0.39 is 11.8 Å². The monoisotopic (exact) mass is 442 g/mol. The third-order valence-electron chi connectivity index (χ3n) is 4.36. The van der Waals surface area contributed by atoms with E-state index in [0.717, 1.165) is 11.8 Å². The first-order valence-electron chi connectivity index (χ1n) is 8.76. The quantitative estimate of drug-likeness (QED) is 0.368. The molecule has 0 radical (unpaired) electrons. The van der Waals surface area contributed by atoms with E-state index in [1.165, 1.54) is 4.57 Å². The number of hydrogen-bond acceptors (Lipinski definition) is 6. The molecule has 0 spiro atoms. The van der Waals surface area contributed by atoms with Crippen molar-refractivity contribution in [1.29, 1.82) is 0 Å². The van der Waals surface area contributed by atoms with Crippen LogP contribution in [0.3, 0.4) is 0 Å². The molecule has 11 heteroatoms. The summed E-state index contributed by atoms with van der Waals surface area (Å²) in [4.78, 5) is 36.8. The Labute approximate surface area is 179 Å². The van der Waals surface area contributed by atoms with Crippen molar-refractivity contribution in [1.82, 2.24) is 30.0 Å². The SMILES string of the molecule is Cn1c(=O)c2ccccc2n2c(SCC(=O)NNC(=O)c3ccccc3Cl)nnc12. The highest BCUT2D eigenvalue weighted by Gasteiger charge is 2.16. The molecular weight excluding hydrogens is 428 g/mol. The topological polar surface area (TPSA) is 110 Å². The number of nitrogens with one attached hydrogen (secondary N) is 2. The van der Waals surface area contributed by atoms with Gasteiger partial charge >= 0.3 is 0 Å². The predicted octanol–water partition coefficient (Wildman–Crippen LogP) is 1.79. The number of benzene rings is 2. The van der Waals surface area contributed by atoms with Gasteiger partial charge in [0.15, 0.2) is 5.16 Å². The molecule has 0 saturated carbocycles. The Balaban J connectivity index is 1.49. The second kappa shape index (κ2) is 8.17. The summed E-state index contributed by atoms with van der Waals surface area (Å²) in [6, 6.07) is 13.6. The zero-order valence-corrected chi connectivity index (χ0v) is 17.2. The fraction of sp³-hybridized carbons (Fsp3) is 0.105. The first-order valence-corrected chi connectivity index (χ1v) is 10.1. The number of carbonyl (C=O) groups is 2. The highest BCUT2D eigenvalue weighted by Crippen LogP contribution is 2.21. The normalized spacial score (nSPS) is 11.0. The molecule has 2 heterocycles. The standard InChI is InChI=1S/C19H15ClN6O3S/c1-25-17(29)12-7-3-5-9-14(12)26-18(25)23-24-19(26)30-10-15(27)21-22-16(28)11-6-2-4-8-13(11)20/h2-9H,10H2,1H3,(H,21,27)(H,22,28). The Morgan fingerprint density at radius 1 is 1.07 bits per heavy atom. The van der Waals surface area contributed by atoms with Crippen LogP contribution in [0.2, 0.25) is 5.02 Å². The molecule has 4 rings (SSSR count). The van der Waals surface area contributed by atoms with Gasteiger partial charge < -0.3 is 0 Å². The molecule has 30 heavy (non-hydrogen) atoms. The molecule has 2 N–H and O–H groups in total. The Bertz CT molecular complexity index is 1350. The molecule has 0 bridgehead atoms. The number of thioether (sulfide) groups is 1. The van der Waals surface area contributed by atoms with Crippen LogP contribution in [0.15, 0.2) is 58.5 Å². The molecule has 2 aromatic carbocycles. The minimum Gasteiger partial charge on any atom is -0.279 e. The smallest absolute Gasteiger partial charge is 0.271 e. The summed E-state index contributed by atoms with van der Waals surface area (Å²) < 4.78 is 3.13. The van der Waals surface area contributed by atoms with E-state index in [9.17, 15) is 14.4 Å². The van der Waals surface area contributed by atoms with Crippen molar-refractivity contribution in [2.45, 2.75) is 5.16 Å². The molecule has 0 aliphatic carbocycles. The number of fused-ring (bicyclic) bond motifs is 3. The highest BCUT2D eigenvalue weighted by atomic mass is 35.5. The average molecular weight is 443 g/mol. The van der Waals surface area contributed by atoms with Crippen LogP contribution >= 0.6 is 23.4 Å². The number of hydrogen-bond donors (Lipinski definition) is 2. The van der Waals surface area contributed by atoms with Gasteiger partial charge in [0.25, 0.3) is 11.5 Å². The molecular formula is C19H15ClN6O3S. The number of amides is 2. The molecule has 9 nitrogen and oxygen atoms in total. The van der Waals surface area contributed by atoms with Gasteiger partial charge in [-0.3, -0.25) is 34.2 Å². The second-order valence-electron chi connectivity index (χ2n) is 6.27. The van der Waals surface area contributed by atoms with Crippen molar-refractivity contribution in [2.24, 2.45) is 7.05 Å². The Hall–Kier alpha value is -3.37. The number of hydrazine groups is 1. The molecule has 0 fully saturated rings. The number of para-hydroxylation sites is 1. The maximum atomic E-state index is 12.5. The molecule has 0 saturated heterocycles. The summed E-state index contributed by atoms with van der Waals surface area (Å²) >= 11 is 7.10. The van der Waals surface area contributed by atoms with Gasteiger partial charge in [-0.2, -0.15) is 0 Å². The predicted molar refractivity (Wildman–Crippen MR) is 114 cm³/mol. The highest BCUT2D eigenvalue weighted by molar-refractivity contribution is 7.99. The van der Waals surface area contributed by atoms with E-state index in [-0.39, 0.29) is 21.9 Å². The van der Waals surface area contributed by atoms with Crippen molar-refractivity contribution in [3.8, 4) is 0 Å². The van der Waals surface area contributed by atoms with Crippen molar-refractivity contribution in [3.05, 3.63) is 69.5 Å². The Morgan fingerprint density at radius 2 is 1.80 bits per heavy atom. The van der Waals surface area contributed by atoms with Crippen LogP contribution in [0.4, 0.5) is 0 Å². The summed E-state index contributed by atoms with van der Waals surface area (Å²) in [7, 11) is 1.62. The summed E-state index contributed by atoms with van der Waals surface area (Å²) in [6.07, 6.45) is 0. The van der Waals surface area contributed by atoms with Crippen LogP contribution in [0, 0.1) is 0 Å². The number of carbonyl (C=O) groups excluding carboxylic acids is 2. The molecule has 0 unspecified atom stereocenters. The second-order valence-corrected chi connectivity index (χ2v) is 7.62. The summed E-state index contributed by atoms with van der Waals surface area (Å²) in [5.74, 6) is -0.617. The van der Waals surface area contributed by atoms with Crippen molar-refractivity contribution in [3.63, 3.8) is 0 Å². The summed E-state index contributed by atoms with van der Waals surface area (Å²) in [6.45, 7) is 0. The molecule has 152 valence electrons. The largest absolute Gasteiger partial charge is 0.279 e. The molecule has 2 amide bonds. The van der Waals surface area contributed by atoms with E-state index >= 15 is 0 Å². The molecule has 4 aromatic rings. The molecule has 0 atom stereocenters. The van der Waals surface area contributed by atoms with E-state index in [1.54, 1.807) is 53.9 Å². The van der Waals surface area contributed by atoms with Crippen LogP contribution in [0.5, 0.6) is 0 Å². The minimum atomic E-state index is -0.520. The van der Waals surface area contributed by atoms with Gasteiger partial charge in [0.05, 0.1) is 27.2 Å². The number of aromatic nitrogens is 4. The minimum absolute atomic E-state index is 0.0270. The van der Waals surface area contributed by atoms with E-state index in [4.69, 9.17) is 11.6 Å².